The van der Waals surface area contributed by atoms with Gasteiger partial charge in [-0.2, -0.15) is 0 Å². The molecule has 19 heteroatoms. The summed E-state index contributed by atoms with van der Waals surface area (Å²) >= 11 is 0. The summed E-state index contributed by atoms with van der Waals surface area (Å²) in [4.78, 5) is 86.9. The molecule has 272 valence electrons. The molecule has 14 N–H and O–H groups in total. The number of rotatable bonds is 22. The van der Waals surface area contributed by atoms with Crippen LogP contribution in [0.5, 0.6) is 5.75 Å². The van der Waals surface area contributed by atoms with Crippen LogP contribution < -0.4 is 38.1 Å². The lowest BCUT2D eigenvalue weighted by Gasteiger charge is -2.27. The van der Waals surface area contributed by atoms with E-state index in [-0.39, 0.29) is 49.9 Å². The normalized spacial score (nSPS) is 13.9. The fraction of sp³-hybridized carbons (Fsp3) is 0.533. The number of phenols is 1. The van der Waals surface area contributed by atoms with Crippen molar-refractivity contribution in [2.24, 2.45) is 17.4 Å². The van der Waals surface area contributed by atoms with E-state index in [1.807, 2.05) is 0 Å². The van der Waals surface area contributed by atoms with Crippen LogP contribution in [0.15, 0.2) is 24.3 Å². The zero-order valence-corrected chi connectivity index (χ0v) is 27.2. The van der Waals surface area contributed by atoms with Crippen molar-refractivity contribution in [3.63, 3.8) is 0 Å². The highest BCUT2D eigenvalue weighted by Crippen LogP contribution is 2.13. The minimum absolute atomic E-state index is 0.0353. The predicted octanol–water partition coefficient (Wildman–Crippen LogP) is -2.07. The Morgan fingerprint density at radius 3 is 1.82 bits per heavy atom. The third-order valence-corrected chi connectivity index (χ3v) is 6.96. The topological polar surface area (TPSA) is 336 Å². The molecule has 0 heterocycles. The molecule has 0 spiro atoms. The number of carboxylic acid groups (broad SMARTS) is 3. The predicted molar refractivity (Wildman–Crippen MR) is 173 cm³/mol. The van der Waals surface area contributed by atoms with Crippen molar-refractivity contribution >= 4 is 47.5 Å². The molecule has 1 aromatic rings. The van der Waals surface area contributed by atoms with E-state index in [2.05, 4.69) is 26.6 Å². The van der Waals surface area contributed by atoms with Gasteiger partial charge in [-0.15, -0.1) is 0 Å². The number of carboxylic acids is 3. The second-order valence-corrected chi connectivity index (χ2v) is 11.7. The van der Waals surface area contributed by atoms with Gasteiger partial charge >= 0.3 is 17.9 Å². The van der Waals surface area contributed by atoms with Crippen LogP contribution in [-0.4, -0.2) is 105 Å². The van der Waals surface area contributed by atoms with Gasteiger partial charge in [-0.05, 0) is 49.3 Å². The number of nitrogens with two attached hydrogens (primary N) is 2. The van der Waals surface area contributed by atoms with Crippen LogP contribution in [-0.2, 0) is 40.0 Å². The van der Waals surface area contributed by atoms with Crippen LogP contribution in [0, 0.1) is 11.3 Å². The van der Waals surface area contributed by atoms with Gasteiger partial charge in [0.2, 0.25) is 23.6 Å². The molecule has 5 atom stereocenters. The Bertz CT molecular complexity index is 1340. The molecule has 0 aromatic heterocycles. The Labute approximate surface area is 282 Å². The molecule has 0 fully saturated rings. The minimum atomic E-state index is -1.59. The van der Waals surface area contributed by atoms with E-state index in [0.29, 0.717) is 5.56 Å². The number of amides is 4. The number of carbonyl (C=O) groups is 7. The van der Waals surface area contributed by atoms with E-state index in [9.17, 15) is 43.8 Å². The standard InChI is InChI=1S/C30H46N8O11/c1-15(2)12-21(37-26(45)19(4-3-11-34-30(32)33)35-25(44)18(31)14-24(42)43)27(46)38-22(13-16-5-7-17(39)8-6-16)28(47)36-20(29(48)49)9-10-23(40)41/h5-8,15,18-22,39H,3-4,9-14,31H2,1-2H3,(H,35,44)(H,36,47)(H,37,45)(H,38,46)(H,40,41)(H,42,43)(H,48,49)(H4,32,33,34)/t18-,19-,20-,21-,22-/m0/s1. The first-order chi connectivity index (χ1) is 22.9. The summed E-state index contributed by atoms with van der Waals surface area (Å²) in [6.45, 7) is 3.65. The van der Waals surface area contributed by atoms with Crippen molar-refractivity contribution in [2.75, 3.05) is 6.54 Å². The molecule has 0 aliphatic heterocycles. The van der Waals surface area contributed by atoms with Crippen molar-refractivity contribution in [1.29, 1.82) is 5.41 Å². The monoisotopic (exact) mass is 694 g/mol. The maximum absolute atomic E-state index is 13.7. The lowest BCUT2D eigenvalue weighted by atomic mass is 10.00. The maximum atomic E-state index is 13.7. The summed E-state index contributed by atoms with van der Waals surface area (Å²) in [7, 11) is 0. The lowest BCUT2D eigenvalue weighted by Crippen LogP contribution is -2.59. The molecule has 19 nitrogen and oxygen atoms in total. The maximum Gasteiger partial charge on any atom is 0.326 e. The third kappa shape index (κ3) is 16.8. The zero-order chi connectivity index (χ0) is 37.3. The number of hydrogen-bond acceptors (Lipinski definition) is 10. The van der Waals surface area contributed by atoms with E-state index in [4.69, 9.17) is 27.1 Å². The molecule has 49 heavy (non-hydrogen) atoms. The first-order valence-corrected chi connectivity index (χ1v) is 15.4. The summed E-state index contributed by atoms with van der Waals surface area (Å²) in [5.41, 5.74) is 11.4. The van der Waals surface area contributed by atoms with Crippen LogP contribution in [0.2, 0.25) is 0 Å². The van der Waals surface area contributed by atoms with Crippen LogP contribution in [0.1, 0.15) is 57.9 Å². The van der Waals surface area contributed by atoms with Gasteiger partial charge in [0.05, 0.1) is 12.5 Å². The van der Waals surface area contributed by atoms with Gasteiger partial charge < -0.3 is 58.5 Å². The smallest absolute Gasteiger partial charge is 0.326 e. The average Bonchev–Trinajstić information content (AvgIpc) is 2.99. The Morgan fingerprint density at radius 1 is 0.755 bits per heavy atom. The molecule has 0 aliphatic rings. The minimum Gasteiger partial charge on any atom is -0.508 e. The number of hydrogen-bond donors (Lipinski definition) is 12. The first-order valence-electron chi connectivity index (χ1n) is 15.4. The summed E-state index contributed by atoms with van der Waals surface area (Å²) in [5, 5.41) is 56.7. The third-order valence-electron chi connectivity index (χ3n) is 6.96. The van der Waals surface area contributed by atoms with Crippen LogP contribution in [0.4, 0.5) is 0 Å². The molecule has 0 saturated carbocycles. The van der Waals surface area contributed by atoms with Gasteiger partial charge in [0.15, 0.2) is 5.96 Å². The van der Waals surface area contributed by atoms with E-state index in [0.717, 1.165) is 0 Å². The molecule has 1 rings (SSSR count). The molecule has 4 amide bonds. The molecule has 0 unspecified atom stereocenters. The fourth-order valence-corrected chi connectivity index (χ4v) is 4.48. The highest BCUT2D eigenvalue weighted by Gasteiger charge is 2.32. The second kappa shape index (κ2) is 20.7. The van der Waals surface area contributed by atoms with Crippen molar-refractivity contribution in [2.45, 2.75) is 89.0 Å². The van der Waals surface area contributed by atoms with Crippen molar-refractivity contribution in [3.8, 4) is 5.75 Å². The highest BCUT2D eigenvalue weighted by molar-refractivity contribution is 5.96. The summed E-state index contributed by atoms with van der Waals surface area (Å²) in [5.74, 6) is -8.28. The van der Waals surface area contributed by atoms with Gasteiger partial charge in [0.1, 0.15) is 29.9 Å². The van der Waals surface area contributed by atoms with Gasteiger partial charge in [-0.3, -0.25) is 34.2 Å². The Hall–Kier alpha value is -5.46. The van der Waals surface area contributed by atoms with E-state index in [1.165, 1.54) is 24.3 Å². The molecular weight excluding hydrogens is 648 g/mol. The van der Waals surface area contributed by atoms with Gasteiger partial charge in [0.25, 0.3) is 0 Å². The number of nitrogens with one attached hydrogen (secondary N) is 6. The number of benzene rings is 1. The number of phenolic OH excluding ortho intramolecular Hbond substituents is 1. The number of aliphatic carboxylic acids is 3. The lowest BCUT2D eigenvalue weighted by molar-refractivity contribution is -0.143. The first kappa shape index (κ1) is 41.6. The van der Waals surface area contributed by atoms with Gasteiger partial charge in [-0.25, -0.2) is 4.79 Å². The molecular formula is C30H46N8O11. The molecule has 0 bridgehead atoms. The van der Waals surface area contributed by atoms with Gasteiger partial charge in [0, 0.05) is 19.4 Å². The summed E-state index contributed by atoms with van der Waals surface area (Å²) < 4.78 is 0. The van der Waals surface area contributed by atoms with Crippen LogP contribution in [0.25, 0.3) is 0 Å². The van der Waals surface area contributed by atoms with E-state index < -0.39 is 91.0 Å². The van der Waals surface area contributed by atoms with Crippen molar-refractivity contribution < 1.29 is 54.0 Å². The van der Waals surface area contributed by atoms with E-state index >= 15 is 0 Å². The molecule has 0 radical (unpaired) electrons. The fourth-order valence-electron chi connectivity index (χ4n) is 4.48. The highest BCUT2D eigenvalue weighted by atomic mass is 16.4. The second-order valence-electron chi connectivity index (χ2n) is 11.7. The Morgan fingerprint density at radius 2 is 1.29 bits per heavy atom. The SMILES string of the molecule is CC(C)C[C@H](NC(=O)[C@H](CCCNC(=N)N)NC(=O)[C@@H](N)CC(=O)O)C(=O)N[C@@H](Cc1ccc(O)cc1)C(=O)N[C@@H](CCC(=O)O)C(=O)O. The van der Waals surface area contributed by atoms with E-state index in [1.54, 1.807) is 13.8 Å². The Balaban J connectivity index is 3.30. The quantitative estimate of drug-likeness (QED) is 0.0353. The molecule has 0 aliphatic carbocycles. The number of carbonyl (C=O) groups excluding carboxylic acids is 4. The Kier molecular flexibility index (Phi) is 17.6. The van der Waals surface area contributed by atoms with Crippen molar-refractivity contribution in [1.82, 2.24) is 26.6 Å². The zero-order valence-electron chi connectivity index (χ0n) is 27.2. The van der Waals surface area contributed by atoms with Crippen LogP contribution >= 0.6 is 0 Å². The summed E-state index contributed by atoms with van der Waals surface area (Å²) in [6.07, 6.45) is -1.68. The van der Waals surface area contributed by atoms with Crippen molar-refractivity contribution in [3.05, 3.63) is 29.8 Å². The number of aromatic hydroxyl groups is 1. The molecule has 0 saturated heterocycles. The van der Waals surface area contributed by atoms with Gasteiger partial charge in [-0.1, -0.05) is 26.0 Å². The van der Waals surface area contributed by atoms with Crippen LogP contribution in [0.3, 0.4) is 0 Å². The molecule has 1 aromatic carbocycles. The average molecular weight is 695 g/mol. The summed E-state index contributed by atoms with van der Waals surface area (Å²) in [6, 6.07) is -1.47. The largest absolute Gasteiger partial charge is 0.508 e. The number of guanidine groups is 1.